The van der Waals surface area contributed by atoms with Crippen LogP contribution in [0.5, 0.6) is 0 Å². The summed E-state index contributed by atoms with van der Waals surface area (Å²) in [7, 11) is 0. The lowest BCUT2D eigenvalue weighted by Gasteiger charge is -2.05. The monoisotopic (exact) mass is 252 g/mol. The Morgan fingerprint density at radius 1 is 1.59 bits per heavy atom. The van der Waals surface area contributed by atoms with Gasteiger partial charge in [0.15, 0.2) is 0 Å². The van der Waals surface area contributed by atoms with E-state index in [2.05, 4.69) is 4.98 Å². The number of ether oxygens (including phenoxy) is 1. The Morgan fingerprint density at radius 2 is 2.35 bits per heavy atom. The maximum Gasteiger partial charge on any atom is 0.343 e. The number of hydrogen-bond acceptors (Lipinski definition) is 4. The molecule has 2 heterocycles. The molecular weight excluding hydrogens is 244 g/mol. The number of carbonyl (C=O) groups excluding carboxylic acids is 1. The molecule has 0 unspecified atom stereocenters. The van der Waals surface area contributed by atoms with E-state index in [-0.39, 0.29) is 17.7 Å². The predicted octanol–water partition coefficient (Wildman–Crippen LogP) is 1.58. The lowest BCUT2D eigenvalue weighted by atomic mass is 10.2. The van der Waals surface area contributed by atoms with Crippen molar-refractivity contribution in [2.75, 3.05) is 6.61 Å². The number of fused-ring (bicyclic) bond motifs is 1. The fourth-order valence-electron chi connectivity index (χ4n) is 1.47. The first kappa shape index (κ1) is 11.6. The molecule has 0 aliphatic carbocycles. The minimum atomic E-state index is -0.695. The zero-order valence-electron chi connectivity index (χ0n) is 9.01. The van der Waals surface area contributed by atoms with E-state index in [4.69, 9.17) is 16.5 Å². The van der Waals surface area contributed by atoms with Gasteiger partial charge in [-0.15, -0.1) is 0 Å². The second-order valence-electron chi connectivity index (χ2n) is 3.27. The van der Waals surface area contributed by atoms with Crippen molar-refractivity contribution in [3.63, 3.8) is 0 Å². The summed E-state index contributed by atoms with van der Waals surface area (Å²) >= 11 is 5.91. The SMILES string of the molecule is CCOC(=O)c1cn(Cl)c2cccnc2c1=O. The topological polar surface area (TPSA) is 61.2 Å². The van der Waals surface area contributed by atoms with E-state index >= 15 is 0 Å². The van der Waals surface area contributed by atoms with Gasteiger partial charge in [-0.3, -0.25) is 13.9 Å². The van der Waals surface area contributed by atoms with Gasteiger partial charge >= 0.3 is 5.97 Å². The summed E-state index contributed by atoms with van der Waals surface area (Å²) in [6.07, 6.45) is 2.71. The van der Waals surface area contributed by atoms with Crippen molar-refractivity contribution in [3.8, 4) is 0 Å². The number of esters is 1. The molecular formula is C11H9ClN2O3. The molecule has 0 saturated carbocycles. The molecule has 2 aromatic heterocycles. The molecule has 17 heavy (non-hydrogen) atoms. The zero-order chi connectivity index (χ0) is 12.4. The average Bonchev–Trinajstić information content (AvgIpc) is 2.34. The van der Waals surface area contributed by atoms with E-state index in [1.807, 2.05) is 0 Å². The van der Waals surface area contributed by atoms with E-state index < -0.39 is 11.4 Å². The Balaban J connectivity index is 2.71. The van der Waals surface area contributed by atoms with Crippen LogP contribution in [0.1, 0.15) is 17.3 Å². The molecule has 2 aromatic rings. The quantitative estimate of drug-likeness (QED) is 0.762. The summed E-state index contributed by atoms with van der Waals surface area (Å²) in [6, 6.07) is 3.30. The first-order valence-corrected chi connectivity index (χ1v) is 5.32. The van der Waals surface area contributed by atoms with E-state index in [0.29, 0.717) is 5.52 Å². The third-order valence-electron chi connectivity index (χ3n) is 2.21. The number of halogens is 1. The highest BCUT2D eigenvalue weighted by molar-refractivity contribution is 6.19. The number of pyridine rings is 2. The Kier molecular flexibility index (Phi) is 3.10. The van der Waals surface area contributed by atoms with E-state index in [1.165, 1.54) is 12.4 Å². The molecule has 0 radical (unpaired) electrons. The van der Waals surface area contributed by atoms with Crippen LogP contribution in [0.25, 0.3) is 11.0 Å². The number of aromatic nitrogens is 2. The van der Waals surface area contributed by atoms with Gasteiger partial charge in [0.1, 0.15) is 11.1 Å². The molecule has 0 spiro atoms. The van der Waals surface area contributed by atoms with Crippen molar-refractivity contribution >= 4 is 28.8 Å². The molecule has 0 amide bonds. The Hall–Kier alpha value is -1.88. The molecule has 0 fully saturated rings. The van der Waals surface area contributed by atoms with Crippen LogP contribution in [-0.2, 0) is 4.74 Å². The van der Waals surface area contributed by atoms with Crippen LogP contribution < -0.4 is 5.43 Å². The Morgan fingerprint density at radius 3 is 3.06 bits per heavy atom. The number of carbonyl (C=O) groups is 1. The molecule has 5 nitrogen and oxygen atoms in total. The van der Waals surface area contributed by atoms with Gasteiger partial charge in [-0.25, -0.2) is 4.79 Å². The third-order valence-corrected chi connectivity index (χ3v) is 2.49. The molecule has 6 heteroatoms. The summed E-state index contributed by atoms with van der Waals surface area (Å²) in [5, 5.41) is 0. The first-order valence-electron chi connectivity index (χ1n) is 4.98. The fraction of sp³-hybridized carbons (Fsp3) is 0.182. The van der Waals surface area contributed by atoms with E-state index in [9.17, 15) is 9.59 Å². The Bertz CT molecular complexity index is 636. The van der Waals surface area contributed by atoms with Crippen LogP contribution in [0.15, 0.2) is 29.3 Å². The maximum atomic E-state index is 12.0. The summed E-state index contributed by atoms with van der Waals surface area (Å²) in [5.74, 6) is -0.695. The van der Waals surface area contributed by atoms with E-state index in [1.54, 1.807) is 19.1 Å². The second kappa shape index (κ2) is 4.55. The van der Waals surface area contributed by atoms with Crippen molar-refractivity contribution in [3.05, 3.63) is 40.3 Å². The van der Waals surface area contributed by atoms with Crippen molar-refractivity contribution in [2.45, 2.75) is 6.92 Å². The smallest absolute Gasteiger partial charge is 0.343 e. The van der Waals surface area contributed by atoms with Crippen LogP contribution in [0, 0.1) is 0 Å². The van der Waals surface area contributed by atoms with Crippen LogP contribution in [0.4, 0.5) is 0 Å². The van der Waals surface area contributed by atoms with Gasteiger partial charge in [0, 0.05) is 24.2 Å². The molecule has 0 aromatic carbocycles. The largest absolute Gasteiger partial charge is 0.462 e. The average molecular weight is 253 g/mol. The standard InChI is InChI=1S/C11H9ClN2O3/c1-2-17-11(16)7-6-14(12)8-4-3-5-13-9(8)10(7)15/h3-6H,2H2,1H3. The minimum absolute atomic E-state index is 0.118. The third kappa shape index (κ3) is 2.01. The first-order chi connectivity index (χ1) is 8.15. The van der Waals surface area contributed by atoms with Gasteiger partial charge in [0.05, 0.1) is 12.1 Å². The molecule has 0 bridgehead atoms. The van der Waals surface area contributed by atoms with Gasteiger partial charge in [-0.05, 0) is 19.1 Å². The van der Waals surface area contributed by atoms with Crippen molar-refractivity contribution in [1.29, 1.82) is 0 Å². The van der Waals surface area contributed by atoms with Gasteiger partial charge in [0.2, 0.25) is 5.43 Å². The molecule has 0 N–H and O–H groups in total. The lowest BCUT2D eigenvalue weighted by molar-refractivity contribution is 0.0524. The van der Waals surface area contributed by atoms with Crippen molar-refractivity contribution in [1.82, 2.24) is 9.07 Å². The molecule has 0 saturated heterocycles. The highest BCUT2D eigenvalue weighted by Gasteiger charge is 2.16. The summed E-state index contributed by atoms with van der Waals surface area (Å²) in [6.45, 7) is 1.86. The molecule has 2 rings (SSSR count). The minimum Gasteiger partial charge on any atom is -0.462 e. The fourth-order valence-corrected chi connectivity index (χ4v) is 1.70. The molecule has 0 aliphatic heterocycles. The lowest BCUT2D eigenvalue weighted by Crippen LogP contribution is -2.20. The zero-order valence-corrected chi connectivity index (χ0v) is 9.77. The van der Waals surface area contributed by atoms with Gasteiger partial charge < -0.3 is 4.74 Å². The van der Waals surface area contributed by atoms with Crippen molar-refractivity contribution in [2.24, 2.45) is 0 Å². The summed E-state index contributed by atoms with van der Waals surface area (Å²) < 4.78 is 5.94. The highest BCUT2D eigenvalue weighted by atomic mass is 35.5. The van der Waals surface area contributed by atoms with Gasteiger partial charge in [-0.1, -0.05) is 0 Å². The molecule has 0 atom stereocenters. The van der Waals surface area contributed by atoms with Crippen LogP contribution in [0.3, 0.4) is 0 Å². The van der Waals surface area contributed by atoms with Crippen LogP contribution in [-0.4, -0.2) is 21.6 Å². The van der Waals surface area contributed by atoms with Gasteiger partial charge in [-0.2, -0.15) is 0 Å². The number of hydrogen-bond donors (Lipinski definition) is 0. The number of nitrogens with zero attached hydrogens (tertiary/aromatic N) is 2. The van der Waals surface area contributed by atoms with E-state index in [0.717, 1.165) is 4.09 Å². The summed E-state index contributed by atoms with van der Waals surface area (Å²) in [5.41, 5.74) is 0.00395. The highest BCUT2D eigenvalue weighted by Crippen LogP contribution is 2.11. The van der Waals surface area contributed by atoms with Crippen LogP contribution in [0.2, 0.25) is 0 Å². The summed E-state index contributed by atoms with van der Waals surface area (Å²) in [4.78, 5) is 27.4. The van der Waals surface area contributed by atoms with Gasteiger partial charge in [0.25, 0.3) is 0 Å². The number of rotatable bonds is 2. The maximum absolute atomic E-state index is 12.0. The normalized spacial score (nSPS) is 10.5. The molecule has 0 aliphatic rings. The Labute approximate surface area is 102 Å². The van der Waals surface area contributed by atoms with Crippen LogP contribution >= 0.6 is 11.8 Å². The molecule has 88 valence electrons. The van der Waals surface area contributed by atoms with Crippen molar-refractivity contribution < 1.29 is 9.53 Å². The second-order valence-corrected chi connectivity index (χ2v) is 3.64. The predicted molar refractivity (Wildman–Crippen MR) is 63.2 cm³/mol.